The van der Waals surface area contributed by atoms with Gasteiger partial charge in [-0.25, -0.2) is 15.0 Å². The molecule has 2 heterocycles. The minimum Gasteiger partial charge on any atom is -0.456 e. The summed E-state index contributed by atoms with van der Waals surface area (Å²) in [6.07, 6.45) is 9.19. The molecule has 0 saturated heterocycles. The molecule has 3 unspecified atom stereocenters. The van der Waals surface area contributed by atoms with Crippen LogP contribution in [0, 0.1) is 5.92 Å². The van der Waals surface area contributed by atoms with Gasteiger partial charge in [-0.15, -0.1) is 0 Å². The number of para-hydroxylation sites is 2. The summed E-state index contributed by atoms with van der Waals surface area (Å²) in [5.41, 5.74) is 14.2. The van der Waals surface area contributed by atoms with Crippen LogP contribution < -0.4 is 4.74 Å². The Balaban J connectivity index is 0.955. The molecule has 0 radical (unpaired) electrons. The van der Waals surface area contributed by atoms with Crippen molar-refractivity contribution in [3.8, 4) is 79.0 Å². The molecule has 0 amide bonds. The van der Waals surface area contributed by atoms with Crippen molar-refractivity contribution in [1.82, 2.24) is 15.0 Å². The minimum atomic E-state index is -0.404. The van der Waals surface area contributed by atoms with Gasteiger partial charge in [-0.1, -0.05) is 218 Å². The molecule has 3 atom stereocenters. The topological polar surface area (TPSA) is 47.9 Å². The number of hydrogen-bond acceptors (Lipinski definition) is 4. The van der Waals surface area contributed by atoms with Gasteiger partial charge in [-0.3, -0.25) is 0 Å². The lowest BCUT2D eigenvalue weighted by atomic mass is 9.61. The maximum Gasteiger partial charge on any atom is 0.164 e. The number of nitrogens with zero attached hydrogens (tertiary/aromatic N) is 3. The first-order chi connectivity index (χ1) is 30.7. The molecule has 62 heavy (non-hydrogen) atoms. The zero-order valence-corrected chi connectivity index (χ0v) is 33.8. The van der Waals surface area contributed by atoms with Crippen LogP contribution in [0.4, 0.5) is 0 Å². The molecule has 1 spiro atoms. The van der Waals surface area contributed by atoms with E-state index >= 15 is 0 Å². The number of rotatable bonds is 6. The van der Waals surface area contributed by atoms with Crippen molar-refractivity contribution in [2.75, 3.05) is 0 Å². The largest absolute Gasteiger partial charge is 0.456 e. The number of ether oxygens (including phenoxy) is 1. The van der Waals surface area contributed by atoms with Gasteiger partial charge in [0.1, 0.15) is 11.5 Å². The quantitative estimate of drug-likeness (QED) is 0.168. The first kappa shape index (κ1) is 35.9. The van der Waals surface area contributed by atoms with Crippen molar-refractivity contribution < 1.29 is 4.74 Å². The summed E-state index contributed by atoms with van der Waals surface area (Å²) in [5.74, 6) is 4.15. The molecule has 4 heteroatoms. The van der Waals surface area contributed by atoms with Gasteiger partial charge in [0.15, 0.2) is 17.5 Å². The smallest absolute Gasteiger partial charge is 0.164 e. The highest BCUT2D eigenvalue weighted by Crippen LogP contribution is 2.65. The van der Waals surface area contributed by atoms with Crippen LogP contribution in [0.2, 0.25) is 0 Å². The molecule has 3 aliphatic rings. The van der Waals surface area contributed by atoms with Crippen molar-refractivity contribution >= 4 is 0 Å². The third kappa shape index (κ3) is 5.79. The number of aromatic nitrogens is 3. The van der Waals surface area contributed by atoms with E-state index < -0.39 is 5.41 Å². The average Bonchev–Trinajstić information content (AvgIpc) is 3.65. The fourth-order valence-electron chi connectivity index (χ4n) is 10.1. The number of hydrogen-bond donors (Lipinski definition) is 0. The molecule has 0 saturated carbocycles. The van der Waals surface area contributed by atoms with Crippen LogP contribution in [-0.4, -0.2) is 15.0 Å². The van der Waals surface area contributed by atoms with Crippen molar-refractivity contribution in [3.63, 3.8) is 0 Å². The standard InChI is InChI=1S/C58H39N3O/c1-3-14-38(15-4-1)40-26-32-43(33-27-40)55-59-56(44-34-28-41(29-35-44)39-16-5-2-6-17-39)61-57(60-55)45-36-30-42(31-37-45)46-20-13-24-52-54(46)62-53-25-12-11-23-51(53)58(52)49-21-9-7-18-47(49)48-19-8-10-22-50(48)58/h1-37,47,49H. The fourth-order valence-corrected chi connectivity index (χ4v) is 10.1. The lowest BCUT2D eigenvalue weighted by molar-refractivity contribution is 0.375. The second-order valence-corrected chi connectivity index (χ2v) is 16.3. The van der Waals surface area contributed by atoms with E-state index in [2.05, 4.69) is 212 Å². The molecule has 0 N–H and O–H groups in total. The second-order valence-electron chi connectivity index (χ2n) is 16.3. The van der Waals surface area contributed by atoms with Crippen molar-refractivity contribution in [3.05, 3.63) is 247 Å². The van der Waals surface area contributed by atoms with Gasteiger partial charge in [0.05, 0.1) is 5.41 Å². The zero-order chi connectivity index (χ0) is 41.0. The molecule has 8 aromatic carbocycles. The molecule has 292 valence electrons. The third-order valence-corrected chi connectivity index (χ3v) is 12.9. The zero-order valence-electron chi connectivity index (χ0n) is 33.8. The SMILES string of the molecule is C1=CC2c3ccccc3C3(c4ccccc4Oc4c(-c5ccc(-c6nc(-c7ccc(-c8ccccc8)cc7)nc(-c7ccc(-c8ccccc8)cc7)n6)cc5)cccc43)C2C=C1. The maximum absolute atomic E-state index is 6.99. The van der Waals surface area contributed by atoms with Crippen LogP contribution in [0.25, 0.3) is 67.5 Å². The predicted octanol–water partition coefficient (Wildman–Crippen LogP) is 14.2. The number of benzene rings is 8. The van der Waals surface area contributed by atoms with Gasteiger partial charge < -0.3 is 4.74 Å². The van der Waals surface area contributed by atoms with Crippen LogP contribution in [0.5, 0.6) is 11.5 Å². The average molecular weight is 794 g/mol. The summed E-state index contributed by atoms with van der Waals surface area (Å²) < 4.78 is 6.99. The first-order valence-electron chi connectivity index (χ1n) is 21.3. The van der Waals surface area contributed by atoms with Crippen LogP contribution in [-0.2, 0) is 5.41 Å². The first-order valence-corrected chi connectivity index (χ1v) is 21.3. The Morgan fingerprint density at radius 3 is 1.40 bits per heavy atom. The molecule has 0 bridgehead atoms. The van der Waals surface area contributed by atoms with Crippen molar-refractivity contribution in [1.29, 1.82) is 0 Å². The molecule has 9 aromatic rings. The summed E-state index contributed by atoms with van der Waals surface area (Å²) >= 11 is 0. The minimum absolute atomic E-state index is 0.211. The van der Waals surface area contributed by atoms with Gasteiger partial charge >= 0.3 is 0 Å². The Bertz CT molecular complexity index is 3090. The highest BCUT2D eigenvalue weighted by molar-refractivity contribution is 5.81. The van der Waals surface area contributed by atoms with Crippen LogP contribution in [0.1, 0.15) is 28.2 Å². The molecular weight excluding hydrogens is 755 g/mol. The van der Waals surface area contributed by atoms with Crippen molar-refractivity contribution in [2.24, 2.45) is 5.92 Å². The molecular formula is C58H39N3O. The van der Waals surface area contributed by atoms with Gasteiger partial charge in [0, 0.05) is 45.2 Å². The van der Waals surface area contributed by atoms with Crippen LogP contribution >= 0.6 is 0 Å². The molecule has 12 rings (SSSR count). The van der Waals surface area contributed by atoms with Gasteiger partial charge in [0.25, 0.3) is 0 Å². The Morgan fingerprint density at radius 2 is 0.806 bits per heavy atom. The summed E-state index contributed by atoms with van der Waals surface area (Å²) in [5, 5.41) is 0. The number of allylic oxidation sites excluding steroid dienone is 4. The lowest BCUT2D eigenvalue weighted by Gasteiger charge is -2.43. The van der Waals surface area contributed by atoms with Crippen LogP contribution in [0.3, 0.4) is 0 Å². The van der Waals surface area contributed by atoms with E-state index in [1.54, 1.807) is 0 Å². The van der Waals surface area contributed by atoms with E-state index in [0.29, 0.717) is 17.5 Å². The normalized spacial score (nSPS) is 17.7. The Labute approximate surface area is 361 Å². The molecule has 1 aromatic heterocycles. The summed E-state index contributed by atoms with van der Waals surface area (Å²) in [7, 11) is 0. The summed E-state index contributed by atoms with van der Waals surface area (Å²) in [6, 6.07) is 70.6. The third-order valence-electron chi connectivity index (χ3n) is 12.9. The lowest BCUT2D eigenvalue weighted by Crippen LogP contribution is -2.37. The fraction of sp³-hybridized carbons (Fsp3) is 0.0517. The van der Waals surface area contributed by atoms with E-state index in [0.717, 1.165) is 50.4 Å². The van der Waals surface area contributed by atoms with E-state index in [1.807, 2.05) is 12.1 Å². The Morgan fingerprint density at radius 1 is 0.355 bits per heavy atom. The summed E-state index contributed by atoms with van der Waals surface area (Å²) in [4.78, 5) is 15.3. The van der Waals surface area contributed by atoms with E-state index in [9.17, 15) is 0 Å². The number of fused-ring (bicyclic) bond motifs is 9. The molecule has 1 aliphatic heterocycles. The highest BCUT2D eigenvalue weighted by Gasteiger charge is 2.56. The molecule has 0 fully saturated rings. The molecule has 4 nitrogen and oxygen atoms in total. The van der Waals surface area contributed by atoms with Gasteiger partial charge in [0.2, 0.25) is 0 Å². The van der Waals surface area contributed by atoms with E-state index in [4.69, 9.17) is 19.7 Å². The Hall–Kier alpha value is -7.95. The Kier molecular flexibility index (Phi) is 8.49. The predicted molar refractivity (Wildman–Crippen MR) is 250 cm³/mol. The monoisotopic (exact) mass is 793 g/mol. The molecule has 2 aliphatic carbocycles. The highest BCUT2D eigenvalue weighted by atomic mass is 16.5. The maximum atomic E-state index is 6.99. The summed E-state index contributed by atoms with van der Waals surface area (Å²) in [6.45, 7) is 0. The van der Waals surface area contributed by atoms with Crippen molar-refractivity contribution in [2.45, 2.75) is 11.3 Å². The van der Waals surface area contributed by atoms with Gasteiger partial charge in [-0.05, 0) is 45.0 Å². The van der Waals surface area contributed by atoms with Gasteiger partial charge in [-0.2, -0.15) is 0 Å². The second kappa shape index (κ2) is 14.6. The van der Waals surface area contributed by atoms with Crippen LogP contribution in [0.15, 0.2) is 224 Å². The van der Waals surface area contributed by atoms with E-state index in [-0.39, 0.29) is 11.8 Å². The van der Waals surface area contributed by atoms with E-state index in [1.165, 1.54) is 33.4 Å².